The SMILES string of the molecule is CCn1nc(C)cc1C(NN)C1CCCC1. The first kappa shape index (κ1) is 11.6. The molecule has 0 spiro atoms. The van der Waals surface area contributed by atoms with Crippen LogP contribution in [0.1, 0.15) is 50.0 Å². The molecule has 90 valence electrons. The molecule has 1 aromatic rings. The van der Waals surface area contributed by atoms with E-state index in [0.717, 1.165) is 12.2 Å². The summed E-state index contributed by atoms with van der Waals surface area (Å²) in [6.45, 7) is 5.07. The average Bonchev–Trinajstić information content (AvgIpc) is 2.89. The van der Waals surface area contributed by atoms with Crippen molar-refractivity contribution < 1.29 is 0 Å². The lowest BCUT2D eigenvalue weighted by Gasteiger charge is -2.23. The van der Waals surface area contributed by atoms with Gasteiger partial charge in [0.25, 0.3) is 0 Å². The molecule has 0 saturated heterocycles. The monoisotopic (exact) mass is 222 g/mol. The van der Waals surface area contributed by atoms with Crippen LogP contribution in [0.15, 0.2) is 6.07 Å². The lowest BCUT2D eigenvalue weighted by Crippen LogP contribution is -2.34. The van der Waals surface area contributed by atoms with Crippen LogP contribution in [0.2, 0.25) is 0 Å². The number of aryl methyl sites for hydroxylation is 2. The first-order valence-corrected chi connectivity index (χ1v) is 6.26. The summed E-state index contributed by atoms with van der Waals surface area (Å²) in [5.74, 6) is 6.40. The van der Waals surface area contributed by atoms with Gasteiger partial charge in [-0.1, -0.05) is 12.8 Å². The molecule has 1 aromatic heterocycles. The number of nitrogens with two attached hydrogens (primary N) is 1. The lowest BCUT2D eigenvalue weighted by molar-refractivity contribution is 0.351. The highest BCUT2D eigenvalue weighted by atomic mass is 15.3. The quantitative estimate of drug-likeness (QED) is 0.604. The van der Waals surface area contributed by atoms with Crippen molar-refractivity contribution in [2.24, 2.45) is 11.8 Å². The fraction of sp³-hybridized carbons (Fsp3) is 0.750. The normalized spacial score (nSPS) is 19.2. The Hall–Kier alpha value is -0.870. The van der Waals surface area contributed by atoms with Crippen LogP contribution in [0.3, 0.4) is 0 Å². The second-order valence-electron chi connectivity index (χ2n) is 4.72. The van der Waals surface area contributed by atoms with E-state index >= 15 is 0 Å². The molecule has 1 aliphatic rings. The number of hydrogen-bond acceptors (Lipinski definition) is 3. The van der Waals surface area contributed by atoms with Crippen molar-refractivity contribution in [3.63, 3.8) is 0 Å². The van der Waals surface area contributed by atoms with E-state index in [4.69, 9.17) is 5.84 Å². The molecule has 0 aliphatic heterocycles. The van der Waals surface area contributed by atoms with Crippen molar-refractivity contribution in [2.75, 3.05) is 0 Å². The molecule has 1 aliphatic carbocycles. The van der Waals surface area contributed by atoms with Gasteiger partial charge in [0.2, 0.25) is 0 Å². The van der Waals surface area contributed by atoms with Crippen molar-refractivity contribution in [3.05, 3.63) is 17.5 Å². The molecule has 1 heterocycles. The summed E-state index contributed by atoms with van der Waals surface area (Å²) < 4.78 is 2.07. The van der Waals surface area contributed by atoms with Crippen LogP contribution >= 0.6 is 0 Å². The molecule has 1 atom stereocenters. The molecule has 0 amide bonds. The first-order chi connectivity index (χ1) is 7.76. The minimum absolute atomic E-state index is 0.267. The number of hydrazine groups is 1. The minimum atomic E-state index is 0.267. The maximum atomic E-state index is 5.73. The van der Waals surface area contributed by atoms with Gasteiger partial charge in [-0.2, -0.15) is 5.10 Å². The Morgan fingerprint density at radius 1 is 1.56 bits per heavy atom. The van der Waals surface area contributed by atoms with Gasteiger partial charge < -0.3 is 0 Å². The molecule has 16 heavy (non-hydrogen) atoms. The topological polar surface area (TPSA) is 55.9 Å². The van der Waals surface area contributed by atoms with Crippen molar-refractivity contribution in [3.8, 4) is 0 Å². The standard InChI is InChI=1S/C12H22N4/c1-3-16-11(8-9(2)15-16)12(14-13)10-6-4-5-7-10/h8,10,12,14H,3-7,13H2,1-2H3. The highest BCUT2D eigenvalue weighted by Gasteiger charge is 2.27. The van der Waals surface area contributed by atoms with E-state index in [1.165, 1.54) is 31.4 Å². The third kappa shape index (κ3) is 2.13. The molecule has 1 unspecified atom stereocenters. The van der Waals surface area contributed by atoms with E-state index in [2.05, 4.69) is 28.2 Å². The van der Waals surface area contributed by atoms with Gasteiger partial charge in [-0.15, -0.1) is 0 Å². The smallest absolute Gasteiger partial charge is 0.0657 e. The van der Waals surface area contributed by atoms with E-state index in [-0.39, 0.29) is 6.04 Å². The van der Waals surface area contributed by atoms with Gasteiger partial charge in [0.05, 0.1) is 17.4 Å². The van der Waals surface area contributed by atoms with Gasteiger partial charge in [-0.3, -0.25) is 16.0 Å². The Balaban J connectivity index is 2.24. The summed E-state index contributed by atoms with van der Waals surface area (Å²) in [6.07, 6.45) is 5.23. The Kier molecular flexibility index (Phi) is 3.61. The van der Waals surface area contributed by atoms with Crippen LogP contribution < -0.4 is 11.3 Å². The zero-order valence-corrected chi connectivity index (χ0v) is 10.2. The third-order valence-electron chi connectivity index (χ3n) is 3.60. The van der Waals surface area contributed by atoms with Crippen LogP contribution in [0.25, 0.3) is 0 Å². The lowest BCUT2D eigenvalue weighted by atomic mass is 9.95. The van der Waals surface area contributed by atoms with Gasteiger partial charge in [-0.05, 0) is 38.7 Å². The van der Waals surface area contributed by atoms with E-state index in [0.29, 0.717) is 5.92 Å². The number of aromatic nitrogens is 2. The van der Waals surface area contributed by atoms with Crippen molar-refractivity contribution in [1.29, 1.82) is 0 Å². The van der Waals surface area contributed by atoms with Crippen LogP contribution in [0, 0.1) is 12.8 Å². The molecule has 0 aromatic carbocycles. The fourth-order valence-corrected chi connectivity index (χ4v) is 2.82. The molecular formula is C12H22N4. The summed E-state index contributed by atoms with van der Waals surface area (Å²) in [7, 11) is 0. The largest absolute Gasteiger partial charge is 0.271 e. The molecule has 0 bridgehead atoms. The van der Waals surface area contributed by atoms with Crippen LogP contribution in [0.4, 0.5) is 0 Å². The zero-order valence-electron chi connectivity index (χ0n) is 10.2. The summed E-state index contributed by atoms with van der Waals surface area (Å²) in [5.41, 5.74) is 5.31. The van der Waals surface area contributed by atoms with Crippen LogP contribution in [-0.4, -0.2) is 9.78 Å². The maximum Gasteiger partial charge on any atom is 0.0657 e. The van der Waals surface area contributed by atoms with E-state index < -0.39 is 0 Å². The van der Waals surface area contributed by atoms with Crippen molar-refractivity contribution in [2.45, 2.75) is 52.1 Å². The van der Waals surface area contributed by atoms with Crippen molar-refractivity contribution in [1.82, 2.24) is 15.2 Å². The molecule has 3 N–H and O–H groups in total. The average molecular weight is 222 g/mol. The molecular weight excluding hydrogens is 200 g/mol. The molecule has 1 saturated carbocycles. The predicted octanol–water partition coefficient (Wildman–Crippen LogP) is 1.91. The Morgan fingerprint density at radius 2 is 2.25 bits per heavy atom. The van der Waals surface area contributed by atoms with Gasteiger partial charge in [0, 0.05) is 6.54 Å². The number of nitrogens with zero attached hydrogens (tertiary/aromatic N) is 2. The van der Waals surface area contributed by atoms with Gasteiger partial charge >= 0.3 is 0 Å². The number of rotatable bonds is 4. The van der Waals surface area contributed by atoms with Crippen molar-refractivity contribution >= 4 is 0 Å². The predicted molar refractivity (Wildman–Crippen MR) is 64.7 cm³/mol. The van der Waals surface area contributed by atoms with Gasteiger partial charge in [0.1, 0.15) is 0 Å². The highest BCUT2D eigenvalue weighted by Crippen LogP contribution is 2.35. The molecule has 4 nitrogen and oxygen atoms in total. The third-order valence-corrected chi connectivity index (χ3v) is 3.60. The summed E-state index contributed by atoms with van der Waals surface area (Å²) >= 11 is 0. The Bertz CT molecular complexity index is 339. The molecule has 2 rings (SSSR count). The first-order valence-electron chi connectivity index (χ1n) is 6.26. The van der Waals surface area contributed by atoms with Gasteiger partial charge in [-0.25, -0.2) is 0 Å². The second kappa shape index (κ2) is 4.97. The maximum absolute atomic E-state index is 5.73. The Morgan fingerprint density at radius 3 is 2.81 bits per heavy atom. The summed E-state index contributed by atoms with van der Waals surface area (Å²) in [6, 6.07) is 2.43. The minimum Gasteiger partial charge on any atom is -0.271 e. The van der Waals surface area contributed by atoms with Crippen LogP contribution in [0.5, 0.6) is 0 Å². The number of nitrogens with one attached hydrogen (secondary N) is 1. The number of hydrogen-bond donors (Lipinski definition) is 2. The van der Waals surface area contributed by atoms with Gasteiger partial charge in [0.15, 0.2) is 0 Å². The summed E-state index contributed by atoms with van der Waals surface area (Å²) in [5, 5.41) is 4.49. The van der Waals surface area contributed by atoms with Crippen LogP contribution in [-0.2, 0) is 6.54 Å². The van der Waals surface area contributed by atoms with E-state index in [9.17, 15) is 0 Å². The summed E-state index contributed by atoms with van der Waals surface area (Å²) in [4.78, 5) is 0. The van der Waals surface area contributed by atoms with E-state index in [1.54, 1.807) is 0 Å². The highest BCUT2D eigenvalue weighted by molar-refractivity contribution is 5.14. The van der Waals surface area contributed by atoms with E-state index in [1.807, 2.05) is 6.92 Å². The zero-order chi connectivity index (χ0) is 11.5. The Labute approximate surface area is 97.2 Å². The molecule has 0 radical (unpaired) electrons. The molecule has 4 heteroatoms. The second-order valence-corrected chi connectivity index (χ2v) is 4.72. The molecule has 1 fully saturated rings. The fourth-order valence-electron chi connectivity index (χ4n) is 2.82.